The summed E-state index contributed by atoms with van der Waals surface area (Å²) in [5.74, 6) is 0. The van der Waals surface area contributed by atoms with Gasteiger partial charge in [0.05, 0.1) is 0 Å². The number of rotatable bonds is 2. The fraction of sp³-hybridized carbons (Fsp3) is 0. The van der Waals surface area contributed by atoms with Crippen LogP contribution in [0, 0.1) is 0 Å². The molecule has 0 N–H and O–H groups in total. The van der Waals surface area contributed by atoms with Crippen molar-refractivity contribution in [3.8, 4) is 22.3 Å². The average molecular weight is 753 g/mol. The summed E-state index contributed by atoms with van der Waals surface area (Å²) in [6.07, 6.45) is 0. The fourth-order valence-electron chi connectivity index (χ4n) is 11.7. The molecule has 0 nitrogen and oxygen atoms in total. The van der Waals surface area contributed by atoms with E-state index in [9.17, 15) is 0 Å². The normalized spacial score (nSPS) is 12.7. The second-order valence-electron chi connectivity index (χ2n) is 17.1. The van der Waals surface area contributed by atoms with Gasteiger partial charge in [-0.25, -0.2) is 0 Å². The maximum atomic E-state index is 2.57. The van der Waals surface area contributed by atoms with E-state index in [1.54, 1.807) is 0 Å². The molecule has 0 unspecified atom stereocenters. The van der Waals surface area contributed by atoms with Gasteiger partial charge in [0.15, 0.2) is 0 Å². The Kier molecular flexibility index (Phi) is 5.74. The summed E-state index contributed by atoms with van der Waals surface area (Å²) in [4.78, 5) is 0. The molecule has 15 rings (SSSR count). The average Bonchev–Trinajstić information content (AvgIpc) is 3.79. The summed E-state index contributed by atoms with van der Waals surface area (Å²) in [7, 11) is 0. The van der Waals surface area contributed by atoms with Crippen LogP contribution in [0.1, 0.15) is 0 Å². The van der Waals surface area contributed by atoms with Gasteiger partial charge in [0, 0.05) is 0 Å². The molecule has 0 bridgehead atoms. The van der Waals surface area contributed by atoms with E-state index in [0.29, 0.717) is 0 Å². The first-order valence-electron chi connectivity index (χ1n) is 21.1. The van der Waals surface area contributed by atoms with E-state index in [1.165, 1.54) is 152 Å². The van der Waals surface area contributed by atoms with Gasteiger partial charge in [0.1, 0.15) is 0 Å². The predicted octanol–water partition coefficient (Wildman–Crippen LogP) is 17.2. The van der Waals surface area contributed by atoms with Crippen molar-refractivity contribution in [1.82, 2.24) is 0 Å². The quantitative estimate of drug-likeness (QED) is 0.154. The molecule has 0 aliphatic rings. The van der Waals surface area contributed by atoms with Crippen LogP contribution in [0.15, 0.2) is 194 Å². The van der Waals surface area contributed by atoms with Crippen molar-refractivity contribution in [2.24, 2.45) is 0 Å². The number of fused-ring (bicyclic) bond motifs is 11. The topological polar surface area (TPSA) is 0 Å². The zero-order chi connectivity index (χ0) is 38.8. The van der Waals surface area contributed by atoms with Crippen LogP contribution >= 0.6 is 0 Å². The van der Waals surface area contributed by atoms with Crippen molar-refractivity contribution in [2.45, 2.75) is 0 Å². The van der Waals surface area contributed by atoms with Crippen LogP contribution in [0.5, 0.6) is 0 Å². The summed E-state index contributed by atoms with van der Waals surface area (Å²) < 4.78 is 0. The van der Waals surface area contributed by atoms with Gasteiger partial charge in [-0.05, 0) is 188 Å². The first kappa shape index (κ1) is 31.2. The lowest BCUT2D eigenvalue weighted by Gasteiger charge is -2.18. The highest BCUT2D eigenvalue weighted by atomic mass is 14.3. The van der Waals surface area contributed by atoms with Gasteiger partial charge >= 0.3 is 0 Å². The van der Waals surface area contributed by atoms with E-state index in [4.69, 9.17) is 0 Å². The highest BCUT2D eigenvalue weighted by Gasteiger charge is 2.27. The van der Waals surface area contributed by atoms with Gasteiger partial charge in [-0.15, -0.1) is 0 Å². The lowest BCUT2D eigenvalue weighted by molar-refractivity contribution is 1.71. The minimum absolute atomic E-state index is 1.25. The lowest BCUT2D eigenvalue weighted by atomic mass is 9.84. The van der Waals surface area contributed by atoms with Crippen LogP contribution in [0.4, 0.5) is 0 Å². The molecule has 272 valence electrons. The SMILES string of the molecule is c1ccc2cc(-c3c4cc5c(cc4c(-c4ccc6ccccc6c4)c4c6cc7cccc8ccc9ccc(c34)c6c9c87)c3cccc4c6ccccc6cc5c43)ccc2c1. The van der Waals surface area contributed by atoms with E-state index < -0.39 is 0 Å². The third-order valence-electron chi connectivity index (χ3n) is 14.2. The van der Waals surface area contributed by atoms with Crippen LogP contribution in [-0.2, 0) is 0 Å². The molecule has 0 aliphatic heterocycles. The van der Waals surface area contributed by atoms with Gasteiger partial charge in [0.25, 0.3) is 0 Å². The Morgan fingerprint density at radius 3 is 1.37 bits per heavy atom. The molecule has 0 spiro atoms. The fourth-order valence-corrected chi connectivity index (χ4v) is 11.7. The molecule has 0 saturated carbocycles. The molecule has 0 saturated heterocycles. The summed E-state index contributed by atoms with van der Waals surface area (Å²) in [5, 5.41) is 31.5. The van der Waals surface area contributed by atoms with E-state index in [0.717, 1.165) is 0 Å². The monoisotopic (exact) mass is 752 g/mol. The highest BCUT2D eigenvalue weighted by Crippen LogP contribution is 2.55. The van der Waals surface area contributed by atoms with Crippen molar-refractivity contribution >= 4 is 129 Å². The zero-order valence-corrected chi connectivity index (χ0v) is 32.5. The predicted molar refractivity (Wildman–Crippen MR) is 261 cm³/mol. The Hall–Kier alpha value is -7.80. The molecule has 15 aromatic rings. The zero-order valence-electron chi connectivity index (χ0n) is 32.5. The van der Waals surface area contributed by atoms with E-state index in [2.05, 4.69) is 194 Å². The van der Waals surface area contributed by atoms with Crippen LogP contribution in [-0.4, -0.2) is 0 Å². The smallest absolute Gasteiger partial charge is 0.000718 e. The summed E-state index contributed by atoms with van der Waals surface area (Å²) in [5.41, 5.74) is 5.13. The van der Waals surface area contributed by atoms with Crippen molar-refractivity contribution in [3.05, 3.63) is 194 Å². The third kappa shape index (κ3) is 3.87. The molecule has 0 fully saturated rings. The van der Waals surface area contributed by atoms with Gasteiger partial charge in [-0.3, -0.25) is 0 Å². The van der Waals surface area contributed by atoms with Gasteiger partial charge in [0.2, 0.25) is 0 Å². The first-order chi connectivity index (χ1) is 29.7. The number of benzene rings is 13. The Bertz CT molecular complexity index is 4340. The van der Waals surface area contributed by atoms with Crippen molar-refractivity contribution in [3.63, 3.8) is 0 Å². The summed E-state index contributed by atoms with van der Waals surface area (Å²) in [6.45, 7) is 0. The van der Waals surface area contributed by atoms with E-state index >= 15 is 0 Å². The van der Waals surface area contributed by atoms with Gasteiger partial charge in [-0.2, -0.15) is 0 Å². The molecule has 60 heavy (non-hydrogen) atoms. The van der Waals surface area contributed by atoms with Crippen molar-refractivity contribution in [2.75, 3.05) is 0 Å². The van der Waals surface area contributed by atoms with Crippen molar-refractivity contribution < 1.29 is 0 Å². The maximum absolute atomic E-state index is 2.57. The number of hydrogen-bond acceptors (Lipinski definition) is 0. The molecule has 0 atom stereocenters. The largest absolute Gasteiger partial charge is 0.0616 e. The molecule has 15 aromatic carbocycles. The second-order valence-corrected chi connectivity index (χ2v) is 17.1. The highest BCUT2D eigenvalue weighted by molar-refractivity contribution is 6.46. The Balaban J connectivity index is 1.25. The van der Waals surface area contributed by atoms with Crippen molar-refractivity contribution in [1.29, 1.82) is 0 Å². The van der Waals surface area contributed by atoms with E-state index in [1.807, 2.05) is 0 Å². The van der Waals surface area contributed by atoms with Gasteiger partial charge in [-0.1, -0.05) is 158 Å². The number of hydrogen-bond donors (Lipinski definition) is 0. The lowest BCUT2D eigenvalue weighted by Crippen LogP contribution is -1.90. The molecule has 0 heterocycles. The summed E-state index contributed by atoms with van der Waals surface area (Å²) >= 11 is 0. The maximum Gasteiger partial charge on any atom is -0.000718 e. The van der Waals surface area contributed by atoms with Crippen LogP contribution in [0.25, 0.3) is 152 Å². The Morgan fingerprint density at radius 2 is 0.650 bits per heavy atom. The molecule has 0 aromatic heterocycles. The molecule has 0 amide bonds. The van der Waals surface area contributed by atoms with Crippen LogP contribution in [0.3, 0.4) is 0 Å². The first-order valence-corrected chi connectivity index (χ1v) is 21.1. The van der Waals surface area contributed by atoms with Crippen LogP contribution in [0.2, 0.25) is 0 Å². The van der Waals surface area contributed by atoms with E-state index in [-0.39, 0.29) is 0 Å². The Morgan fingerprint density at radius 1 is 0.167 bits per heavy atom. The molecular formula is C60H32. The summed E-state index contributed by atoms with van der Waals surface area (Å²) in [6, 6.07) is 74.0. The molecule has 0 heteroatoms. The molecule has 0 radical (unpaired) electrons. The standard InChI is InChI=1S/C60H32/c1-3-11-37-27-41(23-19-33(37)9-1)54-51-32-48-47(45-18-8-17-44-43-16-6-5-13-39(43)29-49(48)57(44)45)31-50(51)55(42-24-20-34-10-2-4-12-38(34)28-42)60-52-30-40-15-7-14-35-21-22-36-25-26-46(59(54)60)58(52)56(36)53(35)40/h1-32H. The third-order valence-corrected chi connectivity index (χ3v) is 14.2. The molecular weight excluding hydrogens is 721 g/mol. The Labute approximate surface area is 344 Å². The van der Waals surface area contributed by atoms with Gasteiger partial charge < -0.3 is 0 Å². The van der Waals surface area contributed by atoms with Crippen LogP contribution < -0.4 is 0 Å². The minimum Gasteiger partial charge on any atom is -0.0616 e. The minimum atomic E-state index is 1.25. The molecule has 0 aliphatic carbocycles. The second kappa shape index (κ2) is 11.0.